The van der Waals surface area contributed by atoms with E-state index in [9.17, 15) is 18.8 Å². The Balaban J connectivity index is 1.95. The van der Waals surface area contributed by atoms with Crippen molar-refractivity contribution >= 4 is 34.2 Å². The molecule has 1 atom stereocenters. The summed E-state index contributed by atoms with van der Waals surface area (Å²) in [6.45, 7) is 6.99. The van der Waals surface area contributed by atoms with Gasteiger partial charge in [0.2, 0.25) is 11.8 Å². The third kappa shape index (κ3) is 4.26. The van der Waals surface area contributed by atoms with E-state index in [-0.39, 0.29) is 23.8 Å². The van der Waals surface area contributed by atoms with Gasteiger partial charge in [-0.15, -0.1) is 0 Å². The van der Waals surface area contributed by atoms with Crippen LogP contribution in [-0.4, -0.2) is 39.2 Å². The lowest BCUT2D eigenvalue weighted by atomic mass is 10.0. The summed E-state index contributed by atoms with van der Waals surface area (Å²) < 4.78 is 14.3. The normalized spacial score (nSPS) is 18.7. The van der Waals surface area contributed by atoms with E-state index >= 15 is 0 Å². The Morgan fingerprint density at radius 1 is 1.19 bits per heavy atom. The topological polar surface area (TPSA) is 91.4 Å². The average molecular weight is 459 g/mol. The summed E-state index contributed by atoms with van der Waals surface area (Å²) in [5.41, 5.74) is 0.575. The van der Waals surface area contributed by atoms with Crippen LogP contribution in [0, 0.1) is 5.82 Å². The van der Waals surface area contributed by atoms with Crippen LogP contribution in [0.25, 0.3) is 10.4 Å². The summed E-state index contributed by atoms with van der Waals surface area (Å²) in [6.07, 6.45) is 3.53. The number of benzene rings is 1. The Hall–Kier alpha value is -2.81. The second kappa shape index (κ2) is 8.27. The number of amides is 3. The molecule has 1 fully saturated rings. The molecular weight excluding hydrogens is 431 g/mol. The van der Waals surface area contributed by atoms with Gasteiger partial charge in [-0.1, -0.05) is 24.2 Å². The molecule has 0 spiro atoms. The molecule has 0 radical (unpaired) electrons. The maximum Gasteiger partial charge on any atom is 0.255 e. The molecule has 1 aliphatic carbocycles. The van der Waals surface area contributed by atoms with Crippen LogP contribution in [0.5, 0.6) is 0 Å². The molecule has 0 bridgehead atoms. The number of fused-ring (bicyclic) bond motifs is 3. The third-order valence-electron chi connectivity index (χ3n) is 5.63. The predicted octanol–water partition coefficient (Wildman–Crippen LogP) is 4.26. The van der Waals surface area contributed by atoms with Crippen LogP contribution in [0.3, 0.4) is 0 Å². The van der Waals surface area contributed by atoms with E-state index in [2.05, 4.69) is 15.6 Å². The Kier molecular flexibility index (Phi) is 5.79. The lowest BCUT2D eigenvalue weighted by molar-refractivity contribution is -0.128. The van der Waals surface area contributed by atoms with Crippen LogP contribution in [0.15, 0.2) is 18.2 Å². The molecule has 4 rings (SSSR count). The number of aromatic nitrogens is 1. The first-order chi connectivity index (χ1) is 15.0. The number of hydrogen-bond acceptors (Lipinski definition) is 5. The monoisotopic (exact) mass is 458 g/mol. The first-order valence-electron chi connectivity index (χ1n) is 10.8. The second-order valence-electron chi connectivity index (χ2n) is 9.40. The van der Waals surface area contributed by atoms with Crippen molar-refractivity contribution in [2.45, 2.75) is 71.0 Å². The van der Waals surface area contributed by atoms with Crippen molar-refractivity contribution in [2.75, 3.05) is 5.32 Å². The standard InChI is InChI=1S/C23H27FN4O3S/c1-12(29)25-22-26-17-18(20(30)27-23(2,3)4)28(14-7-5-6-8-14)21(31)15-10-9-13(24)11-16(15)19(17)32-22/h9-11,14,18H,5-8H2,1-4H3,(H,27,30)(H,25,26,29). The van der Waals surface area contributed by atoms with Gasteiger partial charge in [-0.2, -0.15) is 0 Å². The summed E-state index contributed by atoms with van der Waals surface area (Å²) in [5.74, 6) is -1.42. The molecule has 1 aromatic heterocycles. The van der Waals surface area contributed by atoms with Crippen LogP contribution in [-0.2, 0) is 9.59 Å². The van der Waals surface area contributed by atoms with Crippen molar-refractivity contribution < 1.29 is 18.8 Å². The van der Waals surface area contributed by atoms with Crippen LogP contribution in [0.4, 0.5) is 9.52 Å². The number of halogens is 1. The Morgan fingerprint density at radius 2 is 1.88 bits per heavy atom. The zero-order valence-corrected chi connectivity index (χ0v) is 19.4. The molecule has 2 aromatic rings. The number of thiazole rings is 1. The molecule has 1 saturated carbocycles. The van der Waals surface area contributed by atoms with E-state index in [1.807, 2.05) is 20.8 Å². The molecule has 0 saturated heterocycles. The molecule has 9 heteroatoms. The Morgan fingerprint density at radius 3 is 2.50 bits per heavy atom. The number of nitrogens with zero attached hydrogens (tertiary/aromatic N) is 2. The van der Waals surface area contributed by atoms with Crippen molar-refractivity contribution in [3.05, 3.63) is 35.3 Å². The average Bonchev–Trinajstić information content (AvgIpc) is 3.31. The summed E-state index contributed by atoms with van der Waals surface area (Å²) in [7, 11) is 0. The molecule has 1 aromatic carbocycles. The fourth-order valence-electron chi connectivity index (χ4n) is 4.44. The van der Waals surface area contributed by atoms with E-state index in [0.29, 0.717) is 26.8 Å². The lowest BCUT2D eigenvalue weighted by Crippen LogP contribution is -2.51. The van der Waals surface area contributed by atoms with E-state index < -0.39 is 17.4 Å². The molecule has 1 aliphatic heterocycles. The van der Waals surface area contributed by atoms with Crippen LogP contribution >= 0.6 is 11.3 Å². The number of hydrogen-bond donors (Lipinski definition) is 2. The Labute approximate surface area is 190 Å². The molecule has 1 unspecified atom stereocenters. The van der Waals surface area contributed by atoms with Gasteiger partial charge in [0, 0.05) is 29.6 Å². The lowest BCUT2D eigenvalue weighted by Gasteiger charge is -2.36. The largest absolute Gasteiger partial charge is 0.349 e. The SMILES string of the molecule is CC(=O)Nc1nc2c(s1)-c1cc(F)ccc1C(=O)N(C1CCCC1)C2C(=O)NC(C)(C)C. The van der Waals surface area contributed by atoms with Gasteiger partial charge < -0.3 is 15.5 Å². The van der Waals surface area contributed by atoms with Crippen LogP contribution < -0.4 is 10.6 Å². The first-order valence-corrected chi connectivity index (χ1v) is 11.6. The van der Waals surface area contributed by atoms with E-state index in [1.165, 1.54) is 25.1 Å². The number of carbonyl (C=O) groups excluding carboxylic acids is 3. The summed E-state index contributed by atoms with van der Waals surface area (Å²) >= 11 is 1.15. The predicted molar refractivity (Wildman–Crippen MR) is 121 cm³/mol. The van der Waals surface area contributed by atoms with Gasteiger partial charge in [0.1, 0.15) is 5.82 Å². The fraction of sp³-hybridized carbons (Fsp3) is 0.478. The van der Waals surface area contributed by atoms with Crippen molar-refractivity contribution in [3.8, 4) is 10.4 Å². The molecule has 2 aliphatic rings. The first kappa shape index (κ1) is 22.4. The highest BCUT2D eigenvalue weighted by Gasteiger charge is 2.44. The smallest absolute Gasteiger partial charge is 0.255 e. The molecule has 170 valence electrons. The number of anilines is 1. The third-order valence-corrected chi connectivity index (χ3v) is 6.65. The number of rotatable bonds is 3. The minimum Gasteiger partial charge on any atom is -0.349 e. The highest BCUT2D eigenvalue weighted by atomic mass is 32.1. The maximum absolute atomic E-state index is 14.3. The Bertz CT molecular complexity index is 1090. The number of carbonyl (C=O) groups is 3. The molecule has 32 heavy (non-hydrogen) atoms. The number of nitrogens with one attached hydrogen (secondary N) is 2. The highest BCUT2D eigenvalue weighted by Crippen LogP contribution is 2.45. The molecule has 2 N–H and O–H groups in total. The van der Waals surface area contributed by atoms with Gasteiger partial charge in [-0.05, 0) is 51.8 Å². The van der Waals surface area contributed by atoms with Crippen molar-refractivity contribution in [1.29, 1.82) is 0 Å². The molecule has 7 nitrogen and oxygen atoms in total. The molecular formula is C23H27FN4O3S. The van der Waals surface area contributed by atoms with Gasteiger partial charge in [0.15, 0.2) is 11.2 Å². The van der Waals surface area contributed by atoms with Crippen LogP contribution in [0.2, 0.25) is 0 Å². The maximum atomic E-state index is 14.3. The minimum absolute atomic E-state index is 0.118. The fourth-order valence-corrected chi connectivity index (χ4v) is 5.51. The molecule has 3 amide bonds. The highest BCUT2D eigenvalue weighted by molar-refractivity contribution is 7.19. The molecule has 2 heterocycles. The van der Waals surface area contributed by atoms with E-state index in [0.717, 1.165) is 37.0 Å². The second-order valence-corrected chi connectivity index (χ2v) is 10.4. The summed E-state index contributed by atoms with van der Waals surface area (Å²) in [4.78, 5) is 45.8. The zero-order chi connectivity index (χ0) is 23.2. The van der Waals surface area contributed by atoms with Gasteiger partial charge in [0.05, 0.1) is 10.6 Å². The van der Waals surface area contributed by atoms with E-state index in [4.69, 9.17) is 0 Å². The van der Waals surface area contributed by atoms with Gasteiger partial charge in [-0.3, -0.25) is 14.4 Å². The van der Waals surface area contributed by atoms with Gasteiger partial charge in [0.25, 0.3) is 5.91 Å². The zero-order valence-electron chi connectivity index (χ0n) is 18.6. The minimum atomic E-state index is -0.978. The summed E-state index contributed by atoms with van der Waals surface area (Å²) in [6, 6.07) is 2.94. The van der Waals surface area contributed by atoms with Gasteiger partial charge in [-0.25, -0.2) is 9.37 Å². The summed E-state index contributed by atoms with van der Waals surface area (Å²) in [5, 5.41) is 5.97. The van der Waals surface area contributed by atoms with E-state index in [1.54, 1.807) is 4.90 Å². The quantitative estimate of drug-likeness (QED) is 0.719. The van der Waals surface area contributed by atoms with Crippen molar-refractivity contribution in [3.63, 3.8) is 0 Å². The van der Waals surface area contributed by atoms with Crippen molar-refractivity contribution in [1.82, 2.24) is 15.2 Å². The van der Waals surface area contributed by atoms with Crippen LogP contribution in [0.1, 0.15) is 75.5 Å². The van der Waals surface area contributed by atoms with Gasteiger partial charge >= 0.3 is 0 Å². The van der Waals surface area contributed by atoms with Crippen molar-refractivity contribution in [2.24, 2.45) is 0 Å².